The fourth-order valence-electron chi connectivity index (χ4n) is 3.34. The van der Waals surface area contributed by atoms with Crippen molar-refractivity contribution in [2.75, 3.05) is 36.4 Å². The number of piperazine rings is 1. The number of hydrogen-bond donors (Lipinski definition) is 1. The van der Waals surface area contributed by atoms with Crippen LogP contribution >= 0.6 is 15.9 Å². The van der Waals surface area contributed by atoms with Crippen molar-refractivity contribution in [1.29, 1.82) is 0 Å². The first-order valence-electron chi connectivity index (χ1n) is 9.59. The van der Waals surface area contributed by atoms with Gasteiger partial charge in [0.1, 0.15) is 5.82 Å². The summed E-state index contributed by atoms with van der Waals surface area (Å²) in [6.45, 7) is 5.67. The Morgan fingerprint density at radius 1 is 0.857 bits per heavy atom. The van der Waals surface area contributed by atoms with E-state index in [-0.39, 0.29) is 0 Å². The van der Waals surface area contributed by atoms with Crippen molar-refractivity contribution in [3.05, 3.63) is 82.5 Å². The molecule has 3 aromatic rings. The molecule has 0 bridgehead atoms. The quantitative estimate of drug-likeness (QED) is 0.626. The highest BCUT2D eigenvalue weighted by Gasteiger charge is 2.19. The molecule has 5 nitrogen and oxygen atoms in total. The van der Waals surface area contributed by atoms with Crippen LogP contribution in [0.15, 0.2) is 71.3 Å². The number of nitrogens with zero attached hydrogens (tertiary/aromatic N) is 4. The van der Waals surface area contributed by atoms with Gasteiger partial charge in [0.25, 0.3) is 0 Å². The number of nitrogens with one attached hydrogen (secondary N) is 1. The lowest BCUT2D eigenvalue weighted by Crippen LogP contribution is -2.46. The summed E-state index contributed by atoms with van der Waals surface area (Å²) in [7, 11) is 0. The van der Waals surface area contributed by atoms with E-state index in [2.05, 4.69) is 84.6 Å². The fraction of sp³-hybridized carbons (Fsp3) is 0.273. The van der Waals surface area contributed by atoms with Gasteiger partial charge in [-0.3, -0.25) is 4.90 Å². The number of anilines is 2. The molecule has 1 aliphatic heterocycles. The number of hydrogen-bond acceptors (Lipinski definition) is 5. The number of halogens is 1. The van der Waals surface area contributed by atoms with Crippen LogP contribution in [0.2, 0.25) is 0 Å². The molecule has 4 rings (SSSR count). The second kappa shape index (κ2) is 9.17. The van der Waals surface area contributed by atoms with Crippen LogP contribution in [-0.2, 0) is 13.1 Å². The normalized spacial score (nSPS) is 14.8. The second-order valence-corrected chi connectivity index (χ2v) is 7.89. The van der Waals surface area contributed by atoms with Gasteiger partial charge >= 0.3 is 0 Å². The molecular formula is C22H24BrN5. The van der Waals surface area contributed by atoms with E-state index in [1.54, 1.807) is 0 Å². The fourth-order valence-corrected chi connectivity index (χ4v) is 3.61. The summed E-state index contributed by atoms with van der Waals surface area (Å²) in [6.07, 6.45) is 1.84. The van der Waals surface area contributed by atoms with E-state index in [4.69, 9.17) is 4.98 Å². The van der Waals surface area contributed by atoms with E-state index < -0.39 is 0 Å². The SMILES string of the molecule is Brc1ccc(CN2CCN(c3nccc(NCc4ccccc4)n3)CC2)cc1. The minimum atomic E-state index is 0.762. The highest BCUT2D eigenvalue weighted by Crippen LogP contribution is 2.17. The van der Waals surface area contributed by atoms with Crippen molar-refractivity contribution in [3.8, 4) is 0 Å². The van der Waals surface area contributed by atoms with Crippen LogP contribution in [0.1, 0.15) is 11.1 Å². The summed E-state index contributed by atoms with van der Waals surface area (Å²) < 4.78 is 1.12. The van der Waals surface area contributed by atoms with E-state index in [1.807, 2.05) is 18.3 Å². The Balaban J connectivity index is 1.31. The Hall–Kier alpha value is -2.44. The Bertz CT molecular complexity index is 877. The summed E-state index contributed by atoms with van der Waals surface area (Å²) in [4.78, 5) is 14.0. The summed E-state index contributed by atoms with van der Waals surface area (Å²) in [5.74, 6) is 1.67. The monoisotopic (exact) mass is 437 g/mol. The van der Waals surface area contributed by atoms with Crippen molar-refractivity contribution in [1.82, 2.24) is 14.9 Å². The molecule has 1 fully saturated rings. The van der Waals surface area contributed by atoms with Crippen LogP contribution in [0.4, 0.5) is 11.8 Å². The van der Waals surface area contributed by atoms with Crippen molar-refractivity contribution in [2.24, 2.45) is 0 Å². The topological polar surface area (TPSA) is 44.3 Å². The molecule has 1 aromatic heterocycles. The minimum Gasteiger partial charge on any atom is -0.366 e. The van der Waals surface area contributed by atoms with E-state index in [1.165, 1.54) is 11.1 Å². The molecule has 6 heteroatoms. The molecule has 144 valence electrons. The molecule has 0 aliphatic carbocycles. The maximum absolute atomic E-state index is 4.71. The van der Waals surface area contributed by atoms with E-state index in [0.717, 1.165) is 55.5 Å². The molecule has 0 saturated carbocycles. The van der Waals surface area contributed by atoms with Crippen LogP contribution in [-0.4, -0.2) is 41.0 Å². The van der Waals surface area contributed by atoms with Crippen molar-refractivity contribution in [2.45, 2.75) is 13.1 Å². The third kappa shape index (κ3) is 5.09. The van der Waals surface area contributed by atoms with Crippen LogP contribution in [0.25, 0.3) is 0 Å². The maximum Gasteiger partial charge on any atom is 0.227 e. The van der Waals surface area contributed by atoms with Crippen molar-refractivity contribution < 1.29 is 0 Å². The first-order valence-corrected chi connectivity index (χ1v) is 10.4. The minimum absolute atomic E-state index is 0.762. The predicted molar refractivity (Wildman–Crippen MR) is 117 cm³/mol. The predicted octanol–water partition coefficient (Wildman–Crippen LogP) is 4.17. The number of aromatic nitrogens is 2. The molecule has 2 heterocycles. The van der Waals surface area contributed by atoms with E-state index >= 15 is 0 Å². The number of rotatable bonds is 6. The second-order valence-electron chi connectivity index (χ2n) is 6.97. The summed E-state index contributed by atoms with van der Waals surface area (Å²) >= 11 is 3.50. The zero-order chi connectivity index (χ0) is 19.2. The van der Waals surface area contributed by atoms with Gasteiger partial charge in [-0.2, -0.15) is 4.98 Å². The van der Waals surface area contributed by atoms with Crippen LogP contribution in [0.5, 0.6) is 0 Å². The Morgan fingerprint density at radius 3 is 2.36 bits per heavy atom. The summed E-state index contributed by atoms with van der Waals surface area (Å²) in [6, 6.07) is 20.9. The average molecular weight is 438 g/mol. The average Bonchev–Trinajstić information content (AvgIpc) is 2.75. The third-order valence-corrected chi connectivity index (χ3v) is 5.46. The summed E-state index contributed by atoms with van der Waals surface area (Å²) in [5.41, 5.74) is 2.59. The van der Waals surface area contributed by atoms with Gasteiger partial charge in [0.2, 0.25) is 5.95 Å². The standard InChI is InChI=1S/C22H24BrN5/c23-20-8-6-19(7-9-20)17-27-12-14-28(15-13-27)22-24-11-10-21(26-22)25-16-18-4-2-1-3-5-18/h1-11H,12-17H2,(H,24,25,26). The molecule has 1 aliphatic rings. The number of benzene rings is 2. The first-order chi connectivity index (χ1) is 13.8. The molecule has 2 aromatic carbocycles. The van der Waals surface area contributed by atoms with Gasteiger partial charge < -0.3 is 10.2 Å². The van der Waals surface area contributed by atoms with E-state index in [9.17, 15) is 0 Å². The van der Waals surface area contributed by atoms with Gasteiger partial charge in [-0.25, -0.2) is 4.98 Å². The summed E-state index contributed by atoms with van der Waals surface area (Å²) in [5, 5.41) is 3.39. The van der Waals surface area contributed by atoms with Crippen molar-refractivity contribution >= 4 is 27.7 Å². The molecule has 0 atom stereocenters. The molecule has 0 radical (unpaired) electrons. The first kappa shape index (κ1) is 18.9. The van der Waals surface area contributed by atoms with Gasteiger partial charge in [-0.15, -0.1) is 0 Å². The van der Waals surface area contributed by atoms with Crippen LogP contribution < -0.4 is 10.2 Å². The third-order valence-electron chi connectivity index (χ3n) is 4.93. The van der Waals surface area contributed by atoms with Crippen molar-refractivity contribution in [3.63, 3.8) is 0 Å². The van der Waals surface area contributed by atoms with Gasteiger partial charge in [0.05, 0.1) is 0 Å². The molecule has 0 spiro atoms. The smallest absolute Gasteiger partial charge is 0.227 e. The molecule has 1 N–H and O–H groups in total. The lowest BCUT2D eigenvalue weighted by Gasteiger charge is -2.34. The maximum atomic E-state index is 4.71. The lowest BCUT2D eigenvalue weighted by atomic mass is 10.2. The molecule has 0 unspecified atom stereocenters. The van der Waals surface area contributed by atoms with Gasteiger partial charge in [0, 0.05) is 49.9 Å². The molecular weight excluding hydrogens is 414 g/mol. The van der Waals surface area contributed by atoms with Gasteiger partial charge in [-0.05, 0) is 29.3 Å². The van der Waals surface area contributed by atoms with Gasteiger partial charge in [0.15, 0.2) is 0 Å². The Labute approximate surface area is 174 Å². The highest BCUT2D eigenvalue weighted by atomic mass is 79.9. The highest BCUT2D eigenvalue weighted by molar-refractivity contribution is 9.10. The van der Waals surface area contributed by atoms with Crippen LogP contribution in [0.3, 0.4) is 0 Å². The van der Waals surface area contributed by atoms with Gasteiger partial charge in [-0.1, -0.05) is 58.4 Å². The largest absolute Gasteiger partial charge is 0.366 e. The zero-order valence-corrected chi connectivity index (χ0v) is 17.3. The Kier molecular flexibility index (Phi) is 6.19. The molecule has 0 amide bonds. The Morgan fingerprint density at radius 2 is 1.61 bits per heavy atom. The molecule has 1 saturated heterocycles. The van der Waals surface area contributed by atoms with Crippen LogP contribution in [0, 0.1) is 0 Å². The van der Waals surface area contributed by atoms with E-state index in [0.29, 0.717) is 0 Å². The molecule has 28 heavy (non-hydrogen) atoms. The lowest BCUT2D eigenvalue weighted by molar-refractivity contribution is 0.248. The zero-order valence-electron chi connectivity index (χ0n) is 15.8.